The molecule has 2 fully saturated rings. The molecule has 1 aliphatic heterocycles. The number of hydrogen-bond acceptors (Lipinski definition) is 3. The molecule has 0 amide bonds. The van der Waals surface area contributed by atoms with E-state index in [2.05, 4.69) is 24.1 Å². The first-order chi connectivity index (χ1) is 9.17. The lowest BCUT2D eigenvalue weighted by Gasteiger charge is -2.36. The summed E-state index contributed by atoms with van der Waals surface area (Å²) in [7, 11) is 0. The van der Waals surface area contributed by atoms with Crippen LogP contribution in [0.4, 0.5) is 0 Å². The van der Waals surface area contributed by atoms with Crippen LogP contribution in [0.1, 0.15) is 65.2 Å². The molecule has 112 valence electrons. The fourth-order valence-electron chi connectivity index (χ4n) is 3.41. The van der Waals surface area contributed by atoms with Gasteiger partial charge in [0.25, 0.3) is 0 Å². The monoisotopic (exact) mass is 268 g/mol. The van der Waals surface area contributed by atoms with Crippen molar-refractivity contribution in [2.75, 3.05) is 19.7 Å². The van der Waals surface area contributed by atoms with E-state index in [1.807, 2.05) is 0 Å². The third-order valence-electron chi connectivity index (χ3n) is 4.87. The van der Waals surface area contributed by atoms with E-state index in [-0.39, 0.29) is 12.1 Å². The van der Waals surface area contributed by atoms with Gasteiger partial charge in [0.05, 0.1) is 6.61 Å². The van der Waals surface area contributed by atoms with Crippen LogP contribution in [0, 0.1) is 0 Å². The minimum atomic E-state index is -0.0569. The van der Waals surface area contributed by atoms with Crippen molar-refractivity contribution in [3.05, 3.63) is 0 Å². The van der Waals surface area contributed by atoms with Gasteiger partial charge in [-0.1, -0.05) is 13.3 Å². The second kappa shape index (κ2) is 7.05. The van der Waals surface area contributed by atoms with Crippen LogP contribution >= 0.6 is 0 Å². The van der Waals surface area contributed by atoms with Crippen LogP contribution in [-0.2, 0) is 0 Å². The molecule has 1 aliphatic carbocycles. The molecular formula is C16H32N2O. The van der Waals surface area contributed by atoms with Crippen LogP contribution in [0.2, 0.25) is 0 Å². The molecule has 2 atom stereocenters. The standard InChI is InChI=1S/C16H32N2O/c1-3-15-7-4-5-11-18(15)12-6-10-16(2,13-19)17-14-8-9-14/h14-15,17,19H,3-13H2,1-2H3. The van der Waals surface area contributed by atoms with Gasteiger partial charge < -0.3 is 15.3 Å². The van der Waals surface area contributed by atoms with Crippen molar-refractivity contribution in [2.24, 2.45) is 0 Å². The Bertz CT molecular complexity index is 267. The summed E-state index contributed by atoms with van der Waals surface area (Å²) in [6.45, 7) is 7.25. The van der Waals surface area contributed by atoms with E-state index in [1.165, 1.54) is 58.0 Å². The molecule has 2 unspecified atom stereocenters. The summed E-state index contributed by atoms with van der Waals surface area (Å²) in [5.41, 5.74) is -0.0569. The molecule has 2 N–H and O–H groups in total. The summed E-state index contributed by atoms with van der Waals surface area (Å²) in [6, 6.07) is 1.49. The maximum Gasteiger partial charge on any atom is 0.0610 e. The molecule has 0 aromatic rings. The zero-order valence-corrected chi connectivity index (χ0v) is 12.8. The number of rotatable bonds is 8. The zero-order chi connectivity index (χ0) is 13.7. The van der Waals surface area contributed by atoms with E-state index < -0.39 is 0 Å². The fraction of sp³-hybridized carbons (Fsp3) is 1.00. The number of piperidine rings is 1. The van der Waals surface area contributed by atoms with Gasteiger partial charge in [0, 0.05) is 17.6 Å². The molecule has 1 saturated carbocycles. The smallest absolute Gasteiger partial charge is 0.0610 e. The maximum absolute atomic E-state index is 9.62. The lowest BCUT2D eigenvalue weighted by atomic mass is 9.95. The van der Waals surface area contributed by atoms with Crippen LogP contribution in [0.5, 0.6) is 0 Å². The summed E-state index contributed by atoms with van der Waals surface area (Å²) in [4.78, 5) is 2.68. The quantitative estimate of drug-likeness (QED) is 0.710. The van der Waals surface area contributed by atoms with Gasteiger partial charge in [-0.05, 0) is 65.0 Å². The zero-order valence-electron chi connectivity index (χ0n) is 12.8. The van der Waals surface area contributed by atoms with Crippen LogP contribution in [0.15, 0.2) is 0 Å². The second-order valence-corrected chi connectivity index (χ2v) is 6.83. The molecule has 0 bridgehead atoms. The molecule has 1 heterocycles. The molecule has 3 nitrogen and oxygen atoms in total. The summed E-state index contributed by atoms with van der Waals surface area (Å²) >= 11 is 0. The Balaban J connectivity index is 1.71. The first-order valence-electron chi connectivity index (χ1n) is 8.29. The first kappa shape index (κ1) is 15.3. The number of nitrogens with one attached hydrogen (secondary N) is 1. The number of aliphatic hydroxyl groups excluding tert-OH is 1. The van der Waals surface area contributed by atoms with Crippen molar-refractivity contribution in [3.8, 4) is 0 Å². The van der Waals surface area contributed by atoms with Crippen molar-refractivity contribution < 1.29 is 5.11 Å². The van der Waals surface area contributed by atoms with Crippen LogP contribution in [-0.4, -0.2) is 47.3 Å². The predicted molar refractivity (Wildman–Crippen MR) is 80.4 cm³/mol. The van der Waals surface area contributed by atoms with Crippen LogP contribution in [0.25, 0.3) is 0 Å². The van der Waals surface area contributed by atoms with Crippen molar-refractivity contribution in [1.82, 2.24) is 10.2 Å². The van der Waals surface area contributed by atoms with Gasteiger partial charge in [-0.2, -0.15) is 0 Å². The topological polar surface area (TPSA) is 35.5 Å². The maximum atomic E-state index is 9.62. The van der Waals surface area contributed by atoms with E-state index in [4.69, 9.17) is 0 Å². The Morgan fingerprint density at radius 3 is 2.68 bits per heavy atom. The molecule has 0 aromatic carbocycles. The SMILES string of the molecule is CCC1CCCCN1CCCC(C)(CO)NC1CC1. The van der Waals surface area contributed by atoms with Gasteiger partial charge in [0.1, 0.15) is 0 Å². The minimum absolute atomic E-state index is 0.0569. The van der Waals surface area contributed by atoms with E-state index in [9.17, 15) is 5.11 Å². The molecule has 1 saturated heterocycles. The van der Waals surface area contributed by atoms with E-state index >= 15 is 0 Å². The normalized spacial score (nSPS) is 28.3. The lowest BCUT2D eigenvalue weighted by molar-refractivity contribution is 0.123. The molecule has 19 heavy (non-hydrogen) atoms. The van der Waals surface area contributed by atoms with Crippen molar-refractivity contribution in [2.45, 2.75) is 82.8 Å². The third-order valence-corrected chi connectivity index (χ3v) is 4.87. The highest BCUT2D eigenvalue weighted by molar-refractivity contribution is 4.92. The highest BCUT2D eigenvalue weighted by Gasteiger charge is 2.31. The highest BCUT2D eigenvalue weighted by Crippen LogP contribution is 2.25. The Labute approximate surface area is 118 Å². The highest BCUT2D eigenvalue weighted by atomic mass is 16.3. The summed E-state index contributed by atoms with van der Waals surface area (Å²) in [5, 5.41) is 13.2. The Kier molecular flexibility index (Phi) is 5.67. The van der Waals surface area contributed by atoms with Crippen molar-refractivity contribution in [3.63, 3.8) is 0 Å². The Morgan fingerprint density at radius 1 is 1.26 bits per heavy atom. The molecule has 2 aliphatic rings. The van der Waals surface area contributed by atoms with Gasteiger partial charge in [-0.15, -0.1) is 0 Å². The summed E-state index contributed by atoms with van der Waals surface area (Å²) in [6.07, 6.45) is 10.3. The number of aliphatic hydroxyl groups is 1. The third kappa shape index (κ3) is 4.73. The molecular weight excluding hydrogens is 236 g/mol. The average Bonchev–Trinajstić information content (AvgIpc) is 3.23. The summed E-state index contributed by atoms with van der Waals surface area (Å²) in [5.74, 6) is 0. The van der Waals surface area contributed by atoms with E-state index in [0.29, 0.717) is 6.04 Å². The van der Waals surface area contributed by atoms with Gasteiger partial charge in [0.2, 0.25) is 0 Å². The van der Waals surface area contributed by atoms with Gasteiger partial charge in [-0.25, -0.2) is 0 Å². The number of hydrogen-bond donors (Lipinski definition) is 2. The second-order valence-electron chi connectivity index (χ2n) is 6.83. The molecule has 3 heteroatoms. The first-order valence-corrected chi connectivity index (χ1v) is 8.29. The van der Waals surface area contributed by atoms with Gasteiger partial charge in [-0.3, -0.25) is 0 Å². The number of nitrogens with zero attached hydrogens (tertiary/aromatic N) is 1. The van der Waals surface area contributed by atoms with Crippen molar-refractivity contribution in [1.29, 1.82) is 0 Å². The molecule has 0 radical (unpaired) electrons. The predicted octanol–water partition coefficient (Wildman–Crippen LogP) is 2.53. The number of likely N-dealkylation sites (tertiary alicyclic amines) is 1. The van der Waals surface area contributed by atoms with Gasteiger partial charge >= 0.3 is 0 Å². The van der Waals surface area contributed by atoms with E-state index in [0.717, 1.165) is 12.5 Å². The van der Waals surface area contributed by atoms with Gasteiger partial charge in [0.15, 0.2) is 0 Å². The molecule has 0 aromatic heterocycles. The van der Waals surface area contributed by atoms with Crippen LogP contribution < -0.4 is 5.32 Å². The lowest BCUT2D eigenvalue weighted by Crippen LogP contribution is -2.48. The molecule has 0 spiro atoms. The largest absolute Gasteiger partial charge is 0.394 e. The Morgan fingerprint density at radius 2 is 2.05 bits per heavy atom. The van der Waals surface area contributed by atoms with Crippen molar-refractivity contribution >= 4 is 0 Å². The average molecular weight is 268 g/mol. The Hall–Kier alpha value is -0.120. The van der Waals surface area contributed by atoms with E-state index in [1.54, 1.807) is 0 Å². The molecule has 2 rings (SSSR count). The summed E-state index contributed by atoms with van der Waals surface area (Å²) < 4.78 is 0. The minimum Gasteiger partial charge on any atom is -0.394 e. The fourth-order valence-corrected chi connectivity index (χ4v) is 3.41. The van der Waals surface area contributed by atoms with Crippen LogP contribution in [0.3, 0.4) is 0 Å².